The van der Waals surface area contributed by atoms with E-state index < -0.39 is 0 Å². The van der Waals surface area contributed by atoms with E-state index in [1.807, 2.05) is 12.1 Å². The first kappa shape index (κ1) is 30.0. The van der Waals surface area contributed by atoms with Crippen molar-refractivity contribution in [2.45, 2.75) is 0 Å². The summed E-state index contributed by atoms with van der Waals surface area (Å²) < 4.78 is 6.46. The van der Waals surface area contributed by atoms with Gasteiger partial charge in [-0.25, -0.2) is 0 Å². The van der Waals surface area contributed by atoms with Gasteiger partial charge in [0.1, 0.15) is 11.2 Å². The molecule has 0 fully saturated rings. The highest BCUT2D eigenvalue weighted by molar-refractivity contribution is 6.15. The van der Waals surface area contributed by atoms with Crippen molar-refractivity contribution >= 4 is 60.5 Å². The molecule has 0 bridgehead atoms. The summed E-state index contributed by atoms with van der Waals surface area (Å²) in [6.07, 6.45) is 0. The number of rotatable bonds is 6. The lowest BCUT2D eigenvalue weighted by Gasteiger charge is -2.28. The zero-order valence-electron chi connectivity index (χ0n) is 28.4. The molecule has 10 rings (SSSR count). The molecule has 0 N–H and O–H groups in total. The van der Waals surface area contributed by atoms with Gasteiger partial charge in [0.05, 0.1) is 5.69 Å². The second-order valence-corrected chi connectivity index (χ2v) is 13.3. The van der Waals surface area contributed by atoms with E-state index >= 15 is 0 Å². The minimum absolute atomic E-state index is 0.868. The normalized spacial score (nSPS) is 11.5. The Morgan fingerprint density at radius 1 is 0.308 bits per heavy atom. The van der Waals surface area contributed by atoms with Crippen LogP contribution in [0.15, 0.2) is 205 Å². The highest BCUT2D eigenvalue weighted by Gasteiger charge is 2.21. The standard InChI is InChI=1S/C50H33NO/c1-3-13-34(14-4-1)35-23-25-37(26-24-35)42-29-27-39(32-47(42)36-15-5-2-6-16-36)51(40-28-30-46-45-21-11-12-22-49(45)52-50(46)33-40)48-31-38-17-7-8-18-41(38)43-19-9-10-20-44(43)48/h1-33H. The number of hydrogen-bond acceptors (Lipinski definition) is 2. The highest BCUT2D eigenvalue weighted by Crippen LogP contribution is 2.46. The van der Waals surface area contributed by atoms with Crippen molar-refractivity contribution in [1.29, 1.82) is 0 Å². The SMILES string of the molecule is c1ccc(-c2ccc(-c3ccc(N(c4ccc5c(c4)oc4ccccc45)c4cc5ccccc5c5ccccc45)cc3-c3ccccc3)cc2)cc1. The van der Waals surface area contributed by atoms with Crippen LogP contribution in [0.5, 0.6) is 0 Å². The first-order valence-electron chi connectivity index (χ1n) is 17.8. The fourth-order valence-corrected chi connectivity index (χ4v) is 7.75. The summed E-state index contributed by atoms with van der Waals surface area (Å²) in [6.45, 7) is 0. The predicted molar refractivity (Wildman–Crippen MR) is 220 cm³/mol. The molecule has 0 aliphatic rings. The smallest absolute Gasteiger partial charge is 0.137 e. The van der Waals surface area contributed by atoms with Crippen LogP contribution in [-0.2, 0) is 0 Å². The number of fused-ring (bicyclic) bond motifs is 6. The minimum atomic E-state index is 0.868. The molecule has 244 valence electrons. The van der Waals surface area contributed by atoms with Crippen LogP contribution in [0.1, 0.15) is 0 Å². The van der Waals surface area contributed by atoms with Crippen LogP contribution < -0.4 is 4.90 Å². The fraction of sp³-hybridized carbons (Fsp3) is 0. The van der Waals surface area contributed by atoms with Crippen molar-refractivity contribution in [3.05, 3.63) is 200 Å². The van der Waals surface area contributed by atoms with E-state index in [2.05, 4.69) is 193 Å². The van der Waals surface area contributed by atoms with E-state index in [1.165, 1.54) is 54.9 Å². The zero-order chi connectivity index (χ0) is 34.4. The molecule has 0 spiro atoms. The van der Waals surface area contributed by atoms with Crippen molar-refractivity contribution in [3.63, 3.8) is 0 Å². The van der Waals surface area contributed by atoms with Gasteiger partial charge in [0.2, 0.25) is 0 Å². The maximum Gasteiger partial charge on any atom is 0.137 e. The summed E-state index contributed by atoms with van der Waals surface area (Å²) in [5.41, 5.74) is 12.1. The van der Waals surface area contributed by atoms with Crippen LogP contribution in [0.2, 0.25) is 0 Å². The van der Waals surface area contributed by atoms with Gasteiger partial charge in [-0.1, -0.05) is 158 Å². The summed E-state index contributed by atoms with van der Waals surface area (Å²) >= 11 is 0. The maximum atomic E-state index is 6.46. The quantitative estimate of drug-likeness (QED) is 0.165. The highest BCUT2D eigenvalue weighted by atomic mass is 16.3. The second kappa shape index (κ2) is 12.5. The molecule has 1 aromatic heterocycles. The first-order chi connectivity index (χ1) is 25.8. The Labute approximate surface area is 302 Å². The van der Waals surface area contributed by atoms with E-state index in [0.717, 1.165) is 39.0 Å². The fourth-order valence-electron chi connectivity index (χ4n) is 7.75. The number of hydrogen-bond donors (Lipinski definition) is 0. The lowest BCUT2D eigenvalue weighted by Crippen LogP contribution is -2.11. The molecule has 0 unspecified atom stereocenters. The van der Waals surface area contributed by atoms with Crippen molar-refractivity contribution in [2.24, 2.45) is 0 Å². The summed E-state index contributed by atoms with van der Waals surface area (Å²) in [5, 5.41) is 7.09. The molecule has 2 nitrogen and oxygen atoms in total. The molecule has 0 saturated heterocycles. The maximum absolute atomic E-state index is 6.46. The van der Waals surface area contributed by atoms with Crippen molar-refractivity contribution in [1.82, 2.24) is 0 Å². The average Bonchev–Trinajstić information content (AvgIpc) is 3.60. The van der Waals surface area contributed by atoms with Crippen LogP contribution in [-0.4, -0.2) is 0 Å². The Kier molecular flexibility index (Phi) is 7.18. The summed E-state index contributed by atoms with van der Waals surface area (Å²) in [4.78, 5) is 2.40. The molecular formula is C50H33NO. The van der Waals surface area contributed by atoms with Gasteiger partial charge in [-0.05, 0) is 85.9 Å². The van der Waals surface area contributed by atoms with E-state index in [-0.39, 0.29) is 0 Å². The Balaban J connectivity index is 1.21. The number of anilines is 3. The van der Waals surface area contributed by atoms with Crippen molar-refractivity contribution in [3.8, 4) is 33.4 Å². The van der Waals surface area contributed by atoms with Gasteiger partial charge < -0.3 is 9.32 Å². The van der Waals surface area contributed by atoms with Crippen LogP contribution in [0.3, 0.4) is 0 Å². The largest absolute Gasteiger partial charge is 0.456 e. The number of para-hydroxylation sites is 1. The van der Waals surface area contributed by atoms with Gasteiger partial charge in [0, 0.05) is 33.6 Å². The molecule has 0 amide bonds. The van der Waals surface area contributed by atoms with Crippen LogP contribution in [0, 0.1) is 0 Å². The molecule has 9 aromatic carbocycles. The average molecular weight is 664 g/mol. The molecule has 0 atom stereocenters. The third-order valence-corrected chi connectivity index (χ3v) is 10.3. The molecule has 10 aromatic rings. The van der Waals surface area contributed by atoms with Gasteiger partial charge >= 0.3 is 0 Å². The van der Waals surface area contributed by atoms with Gasteiger partial charge in [-0.15, -0.1) is 0 Å². The lowest BCUT2D eigenvalue weighted by atomic mass is 9.92. The summed E-state index contributed by atoms with van der Waals surface area (Å²) in [5.74, 6) is 0. The molecular weight excluding hydrogens is 631 g/mol. The van der Waals surface area contributed by atoms with Gasteiger partial charge in [0.25, 0.3) is 0 Å². The first-order valence-corrected chi connectivity index (χ1v) is 17.8. The van der Waals surface area contributed by atoms with Crippen LogP contribution >= 0.6 is 0 Å². The third kappa shape index (κ3) is 5.12. The van der Waals surface area contributed by atoms with E-state index in [0.29, 0.717) is 0 Å². The molecule has 0 aliphatic carbocycles. The van der Waals surface area contributed by atoms with Crippen molar-refractivity contribution in [2.75, 3.05) is 4.90 Å². The second-order valence-electron chi connectivity index (χ2n) is 13.3. The topological polar surface area (TPSA) is 16.4 Å². The lowest BCUT2D eigenvalue weighted by molar-refractivity contribution is 0.669. The van der Waals surface area contributed by atoms with E-state index in [1.54, 1.807) is 0 Å². The Morgan fingerprint density at radius 3 is 1.63 bits per heavy atom. The Hall–Kier alpha value is -6.90. The number of furan rings is 1. The molecule has 0 saturated carbocycles. The molecule has 52 heavy (non-hydrogen) atoms. The third-order valence-electron chi connectivity index (χ3n) is 10.3. The summed E-state index contributed by atoms with van der Waals surface area (Å²) in [7, 11) is 0. The molecule has 2 heteroatoms. The number of benzene rings is 9. The van der Waals surface area contributed by atoms with Gasteiger partial charge in [-0.3, -0.25) is 0 Å². The summed E-state index contributed by atoms with van der Waals surface area (Å²) in [6, 6.07) is 71.8. The predicted octanol–water partition coefficient (Wildman–Crippen LogP) is 14.4. The van der Waals surface area contributed by atoms with Gasteiger partial charge in [-0.2, -0.15) is 0 Å². The van der Waals surface area contributed by atoms with E-state index in [9.17, 15) is 0 Å². The van der Waals surface area contributed by atoms with Crippen LogP contribution in [0.25, 0.3) is 76.9 Å². The van der Waals surface area contributed by atoms with Gasteiger partial charge in [0.15, 0.2) is 0 Å². The van der Waals surface area contributed by atoms with E-state index in [4.69, 9.17) is 4.42 Å². The van der Waals surface area contributed by atoms with Crippen molar-refractivity contribution < 1.29 is 4.42 Å². The Morgan fingerprint density at radius 2 is 0.846 bits per heavy atom. The number of nitrogens with zero attached hydrogens (tertiary/aromatic N) is 1. The minimum Gasteiger partial charge on any atom is -0.456 e. The molecule has 0 radical (unpaired) electrons. The Bertz CT molecular complexity index is 2890. The molecule has 1 heterocycles. The molecule has 0 aliphatic heterocycles. The van der Waals surface area contributed by atoms with Crippen LogP contribution in [0.4, 0.5) is 17.1 Å². The zero-order valence-corrected chi connectivity index (χ0v) is 28.4. The monoisotopic (exact) mass is 663 g/mol.